The second kappa shape index (κ2) is 7.88. The predicted octanol–water partition coefficient (Wildman–Crippen LogP) is 5.49. The van der Waals surface area contributed by atoms with E-state index in [1.165, 1.54) is 33.8 Å². The molecule has 0 amide bonds. The number of aryl methyl sites for hydroxylation is 3. The minimum absolute atomic E-state index is 0.0225. The summed E-state index contributed by atoms with van der Waals surface area (Å²) in [7, 11) is 0. The number of nitrogens with zero attached hydrogens (tertiary/aromatic N) is 3. The van der Waals surface area contributed by atoms with Crippen molar-refractivity contribution in [2.75, 3.05) is 0 Å². The van der Waals surface area contributed by atoms with Crippen LogP contribution in [0, 0.1) is 27.7 Å². The van der Waals surface area contributed by atoms with Crippen LogP contribution in [0.25, 0.3) is 5.69 Å². The van der Waals surface area contributed by atoms with Crippen LogP contribution in [0.5, 0.6) is 0 Å². The van der Waals surface area contributed by atoms with E-state index in [2.05, 4.69) is 91.6 Å². The third-order valence-electron chi connectivity index (χ3n) is 5.95. The lowest BCUT2D eigenvalue weighted by Crippen LogP contribution is -2.35. The molecule has 3 heterocycles. The van der Waals surface area contributed by atoms with Crippen LogP contribution < -0.4 is 5.32 Å². The van der Waals surface area contributed by atoms with E-state index in [0.717, 1.165) is 10.8 Å². The van der Waals surface area contributed by atoms with Crippen LogP contribution in [0.1, 0.15) is 59.7 Å². The van der Waals surface area contributed by atoms with E-state index in [-0.39, 0.29) is 18.1 Å². The molecule has 1 aromatic carbocycles. The first-order valence-electron chi connectivity index (χ1n) is 10.5. The Hall–Kier alpha value is -2.66. The zero-order valence-corrected chi connectivity index (χ0v) is 19.4. The lowest BCUT2D eigenvalue weighted by atomic mass is 9.96. The average molecular weight is 419 g/mol. The highest BCUT2D eigenvalue weighted by molar-refractivity contribution is 7.80. The van der Waals surface area contributed by atoms with E-state index in [4.69, 9.17) is 12.2 Å². The summed E-state index contributed by atoms with van der Waals surface area (Å²) in [4.78, 5) is 6.97. The summed E-state index contributed by atoms with van der Waals surface area (Å²) in [6, 6.07) is 15.5. The monoisotopic (exact) mass is 418 g/mol. The van der Waals surface area contributed by atoms with Crippen LogP contribution in [0.2, 0.25) is 0 Å². The molecule has 1 saturated heterocycles. The highest BCUT2D eigenvalue weighted by Crippen LogP contribution is 2.42. The van der Waals surface area contributed by atoms with Crippen molar-refractivity contribution in [3.05, 3.63) is 82.4 Å². The van der Waals surface area contributed by atoms with Crippen molar-refractivity contribution in [2.45, 2.75) is 59.7 Å². The molecule has 0 saturated carbocycles. The van der Waals surface area contributed by atoms with E-state index in [1.54, 1.807) is 0 Å². The fourth-order valence-corrected chi connectivity index (χ4v) is 5.27. The van der Waals surface area contributed by atoms with Gasteiger partial charge in [-0.05, 0) is 101 Å². The van der Waals surface area contributed by atoms with Gasteiger partial charge in [-0.25, -0.2) is 0 Å². The summed E-state index contributed by atoms with van der Waals surface area (Å²) in [5, 5.41) is 4.34. The lowest BCUT2D eigenvalue weighted by Gasteiger charge is -2.31. The average Bonchev–Trinajstić information content (AvgIpc) is 3.17. The fourth-order valence-electron chi connectivity index (χ4n) is 4.82. The molecule has 1 aliphatic rings. The van der Waals surface area contributed by atoms with Gasteiger partial charge in [0.25, 0.3) is 0 Å². The summed E-state index contributed by atoms with van der Waals surface area (Å²) in [5.41, 5.74) is 8.56. The molecule has 30 heavy (non-hydrogen) atoms. The van der Waals surface area contributed by atoms with Gasteiger partial charge >= 0.3 is 0 Å². The van der Waals surface area contributed by atoms with Crippen LogP contribution in [-0.2, 0) is 0 Å². The van der Waals surface area contributed by atoms with Crippen molar-refractivity contribution in [3.8, 4) is 5.69 Å². The molecule has 1 aliphatic heterocycles. The maximum Gasteiger partial charge on any atom is 0.170 e. The van der Waals surface area contributed by atoms with E-state index < -0.39 is 0 Å². The van der Waals surface area contributed by atoms with Crippen molar-refractivity contribution in [3.63, 3.8) is 0 Å². The number of rotatable bonds is 4. The Morgan fingerprint density at radius 2 is 1.70 bits per heavy atom. The van der Waals surface area contributed by atoms with Crippen LogP contribution in [0.15, 0.2) is 48.7 Å². The van der Waals surface area contributed by atoms with Crippen molar-refractivity contribution in [2.24, 2.45) is 0 Å². The summed E-state index contributed by atoms with van der Waals surface area (Å²) in [6.45, 7) is 13.1. The molecular formula is C25H30N4S. The first kappa shape index (κ1) is 20.6. The Morgan fingerprint density at radius 3 is 2.30 bits per heavy atom. The number of nitrogens with one attached hydrogen (secondary N) is 1. The van der Waals surface area contributed by atoms with E-state index in [0.29, 0.717) is 0 Å². The number of hydrogen-bond donors (Lipinski definition) is 1. The molecule has 2 aromatic heterocycles. The van der Waals surface area contributed by atoms with Gasteiger partial charge in [-0.1, -0.05) is 12.1 Å². The Bertz CT molecular complexity index is 1060. The van der Waals surface area contributed by atoms with Gasteiger partial charge in [0, 0.05) is 29.3 Å². The molecule has 1 fully saturated rings. The number of aromatic nitrogens is 2. The minimum Gasteiger partial charge on any atom is -0.352 e. The van der Waals surface area contributed by atoms with E-state index >= 15 is 0 Å². The zero-order chi connectivity index (χ0) is 21.6. The molecule has 1 N–H and O–H groups in total. The Balaban J connectivity index is 1.87. The molecule has 5 heteroatoms. The molecule has 0 unspecified atom stereocenters. The van der Waals surface area contributed by atoms with Gasteiger partial charge in [-0.15, -0.1) is 0 Å². The third-order valence-corrected chi connectivity index (χ3v) is 6.27. The number of pyridine rings is 1. The SMILES string of the molecule is Cc1cc(C)cc(-n2c(C)cc([C@H]3[C@@H](c4ccccn4)NC(=S)N3C(C)C)c2C)c1. The quantitative estimate of drug-likeness (QED) is 0.568. The van der Waals surface area contributed by atoms with Gasteiger partial charge < -0.3 is 14.8 Å². The number of hydrogen-bond acceptors (Lipinski definition) is 2. The number of benzene rings is 1. The first-order valence-corrected chi connectivity index (χ1v) is 11.0. The predicted molar refractivity (Wildman–Crippen MR) is 127 cm³/mol. The highest BCUT2D eigenvalue weighted by atomic mass is 32.1. The van der Waals surface area contributed by atoms with Crippen molar-refractivity contribution >= 4 is 17.3 Å². The topological polar surface area (TPSA) is 33.1 Å². The fraction of sp³-hybridized carbons (Fsp3) is 0.360. The molecule has 0 bridgehead atoms. The summed E-state index contributed by atoms with van der Waals surface area (Å²) < 4.78 is 2.37. The number of thiocarbonyl (C=S) groups is 1. The Kier molecular flexibility index (Phi) is 5.41. The molecule has 2 atom stereocenters. The van der Waals surface area contributed by atoms with Gasteiger partial charge in [0.2, 0.25) is 0 Å². The van der Waals surface area contributed by atoms with Crippen LogP contribution in [-0.4, -0.2) is 25.6 Å². The standard InChI is InChI=1S/C25H30N4S/c1-15(2)28-24(23(27-25(28)30)22-9-7-8-10-26-22)21-14-18(5)29(19(21)6)20-12-16(3)11-17(4)13-20/h7-15,23-24H,1-6H3,(H,27,30)/t23-,24+/m1/s1. The van der Waals surface area contributed by atoms with Crippen molar-refractivity contribution in [1.82, 2.24) is 19.8 Å². The highest BCUT2D eigenvalue weighted by Gasteiger charge is 2.42. The first-order chi connectivity index (χ1) is 14.3. The minimum atomic E-state index is 0.0225. The third kappa shape index (κ3) is 3.52. The van der Waals surface area contributed by atoms with Gasteiger partial charge in [-0.2, -0.15) is 0 Å². The smallest absolute Gasteiger partial charge is 0.170 e. The second-order valence-corrected chi connectivity index (χ2v) is 9.02. The Labute approximate surface area is 184 Å². The molecule has 3 aromatic rings. The molecule has 0 aliphatic carbocycles. The molecule has 156 valence electrons. The van der Waals surface area contributed by atoms with Gasteiger partial charge in [0.05, 0.1) is 17.8 Å². The van der Waals surface area contributed by atoms with Crippen LogP contribution in [0.3, 0.4) is 0 Å². The maximum absolute atomic E-state index is 5.76. The molecule has 4 rings (SSSR count). The maximum atomic E-state index is 5.76. The van der Waals surface area contributed by atoms with Crippen LogP contribution >= 0.6 is 12.2 Å². The summed E-state index contributed by atoms with van der Waals surface area (Å²) >= 11 is 5.76. The molecule has 0 spiro atoms. The largest absolute Gasteiger partial charge is 0.352 e. The van der Waals surface area contributed by atoms with Crippen LogP contribution in [0.4, 0.5) is 0 Å². The Morgan fingerprint density at radius 1 is 1.00 bits per heavy atom. The van der Waals surface area contributed by atoms with Gasteiger partial charge in [-0.3, -0.25) is 4.98 Å². The molecule has 0 radical (unpaired) electrons. The molecule has 4 nitrogen and oxygen atoms in total. The normalized spacial score (nSPS) is 18.9. The van der Waals surface area contributed by atoms with E-state index in [9.17, 15) is 0 Å². The van der Waals surface area contributed by atoms with E-state index in [1.807, 2.05) is 18.3 Å². The summed E-state index contributed by atoms with van der Waals surface area (Å²) in [5.74, 6) is 0. The summed E-state index contributed by atoms with van der Waals surface area (Å²) in [6.07, 6.45) is 1.86. The van der Waals surface area contributed by atoms with Gasteiger partial charge in [0.1, 0.15) is 0 Å². The second-order valence-electron chi connectivity index (χ2n) is 8.64. The molecular weight excluding hydrogens is 388 g/mol. The zero-order valence-electron chi connectivity index (χ0n) is 18.6. The van der Waals surface area contributed by atoms with Crippen molar-refractivity contribution < 1.29 is 0 Å². The lowest BCUT2D eigenvalue weighted by molar-refractivity contribution is 0.269. The van der Waals surface area contributed by atoms with Crippen molar-refractivity contribution in [1.29, 1.82) is 0 Å². The van der Waals surface area contributed by atoms with Gasteiger partial charge in [0.15, 0.2) is 5.11 Å².